The van der Waals surface area contributed by atoms with E-state index in [1.807, 2.05) is 59.5 Å². The molecule has 2 aliphatic heterocycles. The van der Waals surface area contributed by atoms with Gasteiger partial charge in [0, 0.05) is 49.7 Å². The average molecular weight is 561 g/mol. The summed E-state index contributed by atoms with van der Waals surface area (Å²) in [6.07, 6.45) is 4.92. The minimum atomic E-state index is 0.0286. The van der Waals surface area contributed by atoms with Crippen LogP contribution in [-0.2, 0) is 4.79 Å². The van der Waals surface area contributed by atoms with Crippen LogP contribution in [0.1, 0.15) is 38.4 Å². The second-order valence-electron chi connectivity index (χ2n) is 11.3. The van der Waals surface area contributed by atoms with Crippen LogP contribution in [0.25, 0.3) is 22.2 Å². The summed E-state index contributed by atoms with van der Waals surface area (Å²) in [6.45, 7) is 11.4. The zero-order valence-electron chi connectivity index (χ0n) is 24.2. The van der Waals surface area contributed by atoms with Gasteiger partial charge >= 0.3 is 0 Å². The van der Waals surface area contributed by atoms with Gasteiger partial charge in [0.2, 0.25) is 5.91 Å². The third-order valence-electron chi connectivity index (χ3n) is 8.22. The van der Waals surface area contributed by atoms with E-state index in [1.54, 1.807) is 0 Å². The van der Waals surface area contributed by atoms with Crippen molar-refractivity contribution >= 4 is 22.8 Å². The first-order chi connectivity index (χ1) is 20.4. The van der Waals surface area contributed by atoms with Gasteiger partial charge in [-0.25, -0.2) is 9.97 Å². The molecule has 42 heavy (non-hydrogen) atoms. The molecule has 2 N–H and O–H groups in total. The molecule has 0 bridgehead atoms. The fraction of sp³-hybridized carbons (Fsp3) is 0.324. The lowest BCUT2D eigenvalue weighted by atomic mass is 9.93. The van der Waals surface area contributed by atoms with Crippen LogP contribution < -0.4 is 10.5 Å². The van der Waals surface area contributed by atoms with Gasteiger partial charge in [0.05, 0.1) is 5.39 Å². The number of carbonyl (C=O) groups excluding carboxylic acids is 1. The van der Waals surface area contributed by atoms with Gasteiger partial charge in [-0.2, -0.15) is 0 Å². The normalized spacial score (nSPS) is 16.2. The van der Waals surface area contributed by atoms with Crippen LogP contribution in [-0.4, -0.2) is 62.5 Å². The Hall–Kier alpha value is -4.61. The molecule has 8 heteroatoms. The summed E-state index contributed by atoms with van der Waals surface area (Å²) in [5.41, 5.74) is 10.1. The molecule has 2 aliphatic rings. The van der Waals surface area contributed by atoms with Crippen molar-refractivity contribution in [2.75, 3.05) is 31.9 Å². The van der Waals surface area contributed by atoms with Crippen molar-refractivity contribution in [1.82, 2.24) is 24.3 Å². The standard InChI is InChI=1S/C34H36N6O2/c1-4-30(41)38-18-16-26(17-19-38)39-20-24(21-39)10-15-29-31(32-33(35)36-22-37-34(32)40(29)23(2)3)25-11-13-28(14-12-25)42-27-8-6-5-7-9-27/h4-9,11-14,22-24,26H,1,16-21H2,2-3H3,(H2,35,36,37). The van der Waals surface area contributed by atoms with Crippen molar-refractivity contribution in [2.24, 2.45) is 5.92 Å². The van der Waals surface area contributed by atoms with Crippen LogP contribution in [0.15, 0.2) is 73.6 Å². The number of nitrogens with two attached hydrogens (primary N) is 1. The topological polar surface area (TPSA) is 89.5 Å². The minimum absolute atomic E-state index is 0.0286. The number of hydrogen-bond acceptors (Lipinski definition) is 6. The maximum Gasteiger partial charge on any atom is 0.245 e. The maximum absolute atomic E-state index is 11.9. The molecule has 2 fully saturated rings. The molecule has 0 radical (unpaired) electrons. The van der Waals surface area contributed by atoms with Crippen molar-refractivity contribution in [2.45, 2.75) is 38.8 Å². The van der Waals surface area contributed by atoms with Gasteiger partial charge in [0.15, 0.2) is 0 Å². The highest BCUT2D eigenvalue weighted by Gasteiger charge is 2.34. The Balaban J connectivity index is 1.27. The molecule has 0 saturated carbocycles. The van der Waals surface area contributed by atoms with Crippen LogP contribution in [0, 0.1) is 17.8 Å². The van der Waals surface area contributed by atoms with E-state index in [0.29, 0.717) is 11.9 Å². The lowest BCUT2D eigenvalue weighted by molar-refractivity contribution is -0.127. The number of aromatic nitrogens is 3. The molecule has 0 atom stereocenters. The summed E-state index contributed by atoms with van der Waals surface area (Å²) in [5, 5.41) is 0.822. The monoisotopic (exact) mass is 560 g/mol. The van der Waals surface area contributed by atoms with Crippen molar-refractivity contribution in [3.63, 3.8) is 0 Å². The molecule has 8 nitrogen and oxygen atoms in total. The zero-order valence-corrected chi connectivity index (χ0v) is 24.2. The first-order valence-electron chi connectivity index (χ1n) is 14.6. The molecule has 6 rings (SSSR count). The summed E-state index contributed by atoms with van der Waals surface area (Å²) in [7, 11) is 0. The quantitative estimate of drug-likeness (QED) is 0.247. The molecule has 0 unspecified atom stereocenters. The SMILES string of the molecule is C=CC(=O)N1CCC(N2CC(C#Cc3c(-c4ccc(Oc5ccccc5)cc4)c4c(N)ncnc4n3C(C)C)C2)CC1. The van der Waals surface area contributed by atoms with E-state index in [-0.39, 0.29) is 17.9 Å². The Morgan fingerprint density at radius 1 is 1.05 bits per heavy atom. The average Bonchev–Trinajstić information content (AvgIpc) is 3.33. The number of nitrogens with zero attached hydrogens (tertiary/aromatic N) is 5. The van der Waals surface area contributed by atoms with Crippen molar-refractivity contribution in [3.8, 4) is 34.5 Å². The number of para-hydroxylation sites is 1. The van der Waals surface area contributed by atoms with Crippen LogP contribution in [0.2, 0.25) is 0 Å². The van der Waals surface area contributed by atoms with E-state index in [4.69, 9.17) is 10.5 Å². The Kier molecular flexibility index (Phi) is 7.68. The molecule has 0 aliphatic carbocycles. The number of hydrogen-bond donors (Lipinski definition) is 1. The Morgan fingerprint density at radius 3 is 2.40 bits per heavy atom. The van der Waals surface area contributed by atoms with E-state index in [1.165, 1.54) is 12.4 Å². The Morgan fingerprint density at radius 2 is 1.74 bits per heavy atom. The predicted molar refractivity (Wildman–Crippen MR) is 166 cm³/mol. The third-order valence-corrected chi connectivity index (χ3v) is 8.22. The number of likely N-dealkylation sites (tertiary alicyclic amines) is 2. The van der Waals surface area contributed by atoms with E-state index in [0.717, 1.165) is 78.4 Å². The summed E-state index contributed by atoms with van der Waals surface area (Å²) < 4.78 is 8.20. The second-order valence-corrected chi connectivity index (χ2v) is 11.3. The molecule has 2 aromatic heterocycles. The van der Waals surface area contributed by atoms with Gasteiger partial charge in [0.1, 0.15) is 35.0 Å². The first kappa shape index (κ1) is 27.6. The molecular weight excluding hydrogens is 524 g/mol. The number of nitrogen functional groups attached to an aromatic ring is 1. The van der Waals surface area contributed by atoms with Crippen LogP contribution >= 0.6 is 0 Å². The molecule has 4 heterocycles. The highest BCUT2D eigenvalue weighted by atomic mass is 16.5. The fourth-order valence-corrected chi connectivity index (χ4v) is 6.03. The Labute approximate surface area is 246 Å². The molecule has 214 valence electrons. The summed E-state index contributed by atoms with van der Waals surface area (Å²) in [5.74, 6) is 9.42. The molecular formula is C34H36N6O2. The predicted octanol–water partition coefficient (Wildman–Crippen LogP) is 5.51. The zero-order chi connectivity index (χ0) is 29.2. The second kappa shape index (κ2) is 11.7. The van der Waals surface area contributed by atoms with Gasteiger partial charge in [-0.3, -0.25) is 9.69 Å². The number of fused-ring (bicyclic) bond motifs is 1. The van der Waals surface area contributed by atoms with Crippen molar-refractivity contribution < 1.29 is 9.53 Å². The summed E-state index contributed by atoms with van der Waals surface area (Å²) >= 11 is 0. The molecule has 1 amide bonds. The number of anilines is 1. The van der Waals surface area contributed by atoms with E-state index < -0.39 is 0 Å². The number of carbonyl (C=O) groups is 1. The van der Waals surface area contributed by atoms with Crippen LogP contribution in [0.5, 0.6) is 11.5 Å². The number of benzene rings is 2. The molecule has 2 aromatic carbocycles. The number of piperidine rings is 1. The van der Waals surface area contributed by atoms with E-state index in [9.17, 15) is 4.79 Å². The molecule has 2 saturated heterocycles. The highest BCUT2D eigenvalue weighted by molar-refractivity contribution is 6.03. The smallest absolute Gasteiger partial charge is 0.245 e. The van der Waals surface area contributed by atoms with E-state index >= 15 is 0 Å². The van der Waals surface area contributed by atoms with Gasteiger partial charge < -0.3 is 19.9 Å². The number of amides is 1. The maximum atomic E-state index is 11.9. The first-order valence-corrected chi connectivity index (χ1v) is 14.6. The van der Waals surface area contributed by atoms with Crippen LogP contribution in [0.4, 0.5) is 5.82 Å². The fourth-order valence-electron chi connectivity index (χ4n) is 6.03. The lowest BCUT2D eigenvalue weighted by Crippen LogP contribution is -2.55. The molecule has 0 spiro atoms. The van der Waals surface area contributed by atoms with Gasteiger partial charge in [-0.15, -0.1) is 0 Å². The van der Waals surface area contributed by atoms with Crippen molar-refractivity contribution in [1.29, 1.82) is 0 Å². The van der Waals surface area contributed by atoms with E-state index in [2.05, 4.69) is 51.7 Å². The molecule has 4 aromatic rings. The Bertz CT molecular complexity index is 1650. The van der Waals surface area contributed by atoms with Gasteiger partial charge in [-0.05, 0) is 68.5 Å². The lowest BCUT2D eigenvalue weighted by Gasteiger charge is -2.45. The van der Waals surface area contributed by atoms with Crippen LogP contribution in [0.3, 0.4) is 0 Å². The largest absolute Gasteiger partial charge is 0.457 e. The van der Waals surface area contributed by atoms with Crippen molar-refractivity contribution in [3.05, 3.63) is 79.3 Å². The highest BCUT2D eigenvalue weighted by Crippen LogP contribution is 2.39. The minimum Gasteiger partial charge on any atom is -0.457 e. The van der Waals surface area contributed by atoms with Gasteiger partial charge in [-0.1, -0.05) is 42.8 Å². The summed E-state index contributed by atoms with van der Waals surface area (Å²) in [4.78, 5) is 25.3. The third kappa shape index (κ3) is 5.36. The number of ether oxygens (including phenoxy) is 1. The summed E-state index contributed by atoms with van der Waals surface area (Å²) in [6, 6.07) is 18.4. The number of rotatable bonds is 6. The van der Waals surface area contributed by atoms with Gasteiger partial charge in [0.25, 0.3) is 0 Å².